The van der Waals surface area contributed by atoms with Gasteiger partial charge in [-0.25, -0.2) is 4.99 Å². The Kier molecular flexibility index (Phi) is 7.75. The van der Waals surface area contributed by atoms with Gasteiger partial charge < -0.3 is 19.9 Å². The lowest BCUT2D eigenvalue weighted by atomic mass is 9.96. The first-order chi connectivity index (χ1) is 15.8. The van der Waals surface area contributed by atoms with Crippen molar-refractivity contribution in [1.29, 1.82) is 0 Å². The number of alkyl halides is 3. The predicted molar refractivity (Wildman–Crippen MR) is 117 cm³/mol. The molecule has 0 spiro atoms. The van der Waals surface area contributed by atoms with E-state index in [1.807, 2.05) is 0 Å². The van der Waals surface area contributed by atoms with Crippen molar-refractivity contribution in [2.75, 3.05) is 19.8 Å². The summed E-state index contributed by atoms with van der Waals surface area (Å²) >= 11 is 0. The average Bonchev–Trinajstić information content (AvgIpc) is 3.23. The summed E-state index contributed by atoms with van der Waals surface area (Å²) in [5.74, 6) is 0.453. The SMILES string of the molecule is C=CC[C@]1(C(=O)NCc2cccc(C(F)(F)F)c2)COC(c2ccc(OCCCO)cc2)=N1. The van der Waals surface area contributed by atoms with Crippen LogP contribution < -0.4 is 10.1 Å². The van der Waals surface area contributed by atoms with Crippen LogP contribution in [0.25, 0.3) is 0 Å². The number of hydrogen-bond donors (Lipinski definition) is 2. The molecular formula is C24H25F3N2O4. The van der Waals surface area contributed by atoms with Crippen LogP contribution in [-0.4, -0.2) is 42.3 Å². The molecule has 0 saturated carbocycles. The van der Waals surface area contributed by atoms with E-state index in [1.54, 1.807) is 30.3 Å². The second-order valence-corrected chi connectivity index (χ2v) is 7.56. The van der Waals surface area contributed by atoms with Gasteiger partial charge in [-0.2, -0.15) is 13.2 Å². The van der Waals surface area contributed by atoms with Crippen LogP contribution in [0.5, 0.6) is 5.75 Å². The summed E-state index contributed by atoms with van der Waals surface area (Å²) in [4.78, 5) is 17.5. The van der Waals surface area contributed by atoms with Crippen LogP contribution in [0.4, 0.5) is 13.2 Å². The van der Waals surface area contributed by atoms with Gasteiger partial charge in [0, 0.05) is 31.6 Å². The summed E-state index contributed by atoms with van der Waals surface area (Å²) in [7, 11) is 0. The molecule has 1 atom stereocenters. The molecule has 1 heterocycles. The Labute approximate surface area is 189 Å². The summed E-state index contributed by atoms with van der Waals surface area (Å²) in [5, 5.41) is 11.5. The van der Waals surface area contributed by atoms with Crippen molar-refractivity contribution in [3.8, 4) is 5.75 Å². The number of carbonyl (C=O) groups is 1. The van der Waals surface area contributed by atoms with Crippen LogP contribution in [-0.2, 0) is 22.3 Å². The Hall–Kier alpha value is -3.33. The maximum atomic E-state index is 13.0. The minimum absolute atomic E-state index is 0.0163. The zero-order chi connectivity index (χ0) is 23.9. The van der Waals surface area contributed by atoms with Gasteiger partial charge in [0.2, 0.25) is 5.90 Å². The minimum atomic E-state index is -4.46. The van der Waals surface area contributed by atoms with E-state index in [1.165, 1.54) is 12.1 Å². The summed E-state index contributed by atoms with van der Waals surface area (Å²) in [6.45, 7) is 4.03. The van der Waals surface area contributed by atoms with Gasteiger partial charge in [-0.1, -0.05) is 18.2 Å². The van der Waals surface area contributed by atoms with Crippen molar-refractivity contribution in [3.05, 3.63) is 77.9 Å². The number of carbonyl (C=O) groups excluding carboxylic acids is 1. The van der Waals surface area contributed by atoms with E-state index in [0.717, 1.165) is 12.1 Å². The zero-order valence-corrected chi connectivity index (χ0v) is 17.9. The molecular weight excluding hydrogens is 437 g/mol. The fourth-order valence-electron chi connectivity index (χ4n) is 3.30. The number of nitrogens with one attached hydrogen (secondary N) is 1. The molecule has 1 aliphatic heterocycles. The molecule has 2 aromatic carbocycles. The van der Waals surface area contributed by atoms with E-state index in [0.29, 0.717) is 29.9 Å². The highest BCUT2D eigenvalue weighted by Crippen LogP contribution is 2.30. The van der Waals surface area contributed by atoms with Gasteiger partial charge >= 0.3 is 6.18 Å². The lowest BCUT2D eigenvalue weighted by molar-refractivity contribution is -0.137. The monoisotopic (exact) mass is 462 g/mol. The summed E-state index contributed by atoms with van der Waals surface area (Å²) in [5.41, 5.74) is -1.05. The first-order valence-electron chi connectivity index (χ1n) is 10.4. The third kappa shape index (κ3) is 6.13. The second-order valence-electron chi connectivity index (χ2n) is 7.56. The third-order valence-electron chi connectivity index (χ3n) is 5.05. The quantitative estimate of drug-likeness (QED) is 0.415. The highest BCUT2D eigenvalue weighted by Gasteiger charge is 2.43. The van der Waals surface area contributed by atoms with E-state index in [-0.39, 0.29) is 32.1 Å². The molecule has 0 unspecified atom stereocenters. The van der Waals surface area contributed by atoms with Crippen LogP contribution in [0, 0.1) is 0 Å². The molecule has 0 bridgehead atoms. The van der Waals surface area contributed by atoms with Gasteiger partial charge in [0.1, 0.15) is 12.4 Å². The highest BCUT2D eigenvalue weighted by atomic mass is 19.4. The molecule has 6 nitrogen and oxygen atoms in total. The van der Waals surface area contributed by atoms with Crippen LogP contribution in [0.15, 0.2) is 66.2 Å². The fraction of sp³-hybridized carbons (Fsp3) is 0.333. The molecule has 33 heavy (non-hydrogen) atoms. The van der Waals surface area contributed by atoms with Crippen molar-refractivity contribution in [2.24, 2.45) is 4.99 Å². The van der Waals surface area contributed by atoms with E-state index in [2.05, 4.69) is 16.9 Å². The number of aliphatic hydroxyl groups excluding tert-OH is 1. The molecule has 176 valence electrons. The Morgan fingerprint density at radius 1 is 1.27 bits per heavy atom. The van der Waals surface area contributed by atoms with Gasteiger partial charge in [0.15, 0.2) is 5.54 Å². The predicted octanol–water partition coefficient (Wildman–Crippen LogP) is 3.87. The Balaban J connectivity index is 1.71. The maximum Gasteiger partial charge on any atom is 0.416 e. The molecule has 2 aromatic rings. The number of halogens is 3. The number of hydrogen-bond acceptors (Lipinski definition) is 5. The molecule has 0 aromatic heterocycles. The number of rotatable bonds is 10. The number of ether oxygens (including phenoxy) is 2. The molecule has 3 rings (SSSR count). The van der Waals surface area contributed by atoms with Crippen molar-refractivity contribution < 1.29 is 32.5 Å². The van der Waals surface area contributed by atoms with Gasteiger partial charge in [-0.3, -0.25) is 4.79 Å². The third-order valence-corrected chi connectivity index (χ3v) is 5.05. The lowest BCUT2D eigenvalue weighted by Gasteiger charge is -2.21. The average molecular weight is 462 g/mol. The van der Waals surface area contributed by atoms with E-state index >= 15 is 0 Å². The van der Waals surface area contributed by atoms with Gasteiger partial charge in [0.25, 0.3) is 5.91 Å². The number of benzene rings is 2. The number of amides is 1. The van der Waals surface area contributed by atoms with Crippen molar-refractivity contribution in [2.45, 2.75) is 31.1 Å². The maximum absolute atomic E-state index is 13.0. The number of aliphatic hydroxyl groups is 1. The first-order valence-corrected chi connectivity index (χ1v) is 10.4. The number of nitrogens with zero attached hydrogens (tertiary/aromatic N) is 1. The molecule has 2 N–H and O–H groups in total. The largest absolute Gasteiger partial charge is 0.494 e. The Morgan fingerprint density at radius 3 is 2.70 bits per heavy atom. The van der Waals surface area contributed by atoms with Gasteiger partial charge in [-0.15, -0.1) is 6.58 Å². The molecule has 0 aliphatic carbocycles. The Morgan fingerprint density at radius 2 is 2.03 bits per heavy atom. The van der Waals surface area contributed by atoms with Gasteiger partial charge in [-0.05, 0) is 42.0 Å². The first kappa shape index (κ1) is 24.3. The minimum Gasteiger partial charge on any atom is -0.494 e. The fourth-order valence-corrected chi connectivity index (χ4v) is 3.30. The topological polar surface area (TPSA) is 80.2 Å². The summed E-state index contributed by atoms with van der Waals surface area (Å²) in [6, 6.07) is 11.8. The normalized spacial score (nSPS) is 17.8. The standard InChI is InChI=1S/C24H25F3N2O4/c1-2-11-23(22(31)28-15-17-5-3-6-19(14-17)24(25,26)27)16-33-21(29-23)18-7-9-20(10-8-18)32-13-4-12-30/h2-3,5-10,14,30H,1,4,11-13,15-16H2,(H,28,31)/t23-/m1/s1. The van der Waals surface area contributed by atoms with Crippen LogP contribution in [0.2, 0.25) is 0 Å². The highest BCUT2D eigenvalue weighted by molar-refractivity contribution is 6.00. The molecule has 9 heteroatoms. The van der Waals surface area contributed by atoms with Crippen molar-refractivity contribution in [3.63, 3.8) is 0 Å². The lowest BCUT2D eigenvalue weighted by Crippen LogP contribution is -2.46. The Bertz CT molecular complexity index is 1010. The van der Waals surface area contributed by atoms with Gasteiger partial charge in [0.05, 0.1) is 12.2 Å². The zero-order valence-electron chi connectivity index (χ0n) is 17.9. The number of aliphatic imine (C=N–C) groups is 1. The van der Waals surface area contributed by atoms with Crippen LogP contribution in [0.1, 0.15) is 29.5 Å². The van der Waals surface area contributed by atoms with Crippen molar-refractivity contribution >= 4 is 11.8 Å². The summed E-state index contributed by atoms with van der Waals surface area (Å²) in [6.07, 6.45) is -2.18. The molecule has 0 fully saturated rings. The van der Waals surface area contributed by atoms with E-state index in [9.17, 15) is 18.0 Å². The molecule has 1 amide bonds. The summed E-state index contributed by atoms with van der Waals surface area (Å²) < 4.78 is 50.0. The van der Waals surface area contributed by atoms with Crippen LogP contribution in [0.3, 0.4) is 0 Å². The molecule has 0 radical (unpaired) electrons. The second kappa shape index (κ2) is 10.5. The van der Waals surface area contributed by atoms with E-state index in [4.69, 9.17) is 14.6 Å². The molecule has 0 saturated heterocycles. The molecule has 1 aliphatic rings. The van der Waals surface area contributed by atoms with E-state index < -0.39 is 23.2 Å². The van der Waals surface area contributed by atoms with Crippen molar-refractivity contribution in [1.82, 2.24) is 5.32 Å². The van der Waals surface area contributed by atoms with Crippen LogP contribution >= 0.6 is 0 Å². The smallest absolute Gasteiger partial charge is 0.416 e.